The Balaban J connectivity index is 1.52. The molecule has 3 aromatic rings. The molecule has 114 valence electrons. The normalized spacial score (nSPS) is 15.6. The molecular formula is C15H19N7. The zero-order valence-electron chi connectivity index (χ0n) is 12.8. The van der Waals surface area contributed by atoms with Gasteiger partial charge in [0.2, 0.25) is 0 Å². The molecule has 22 heavy (non-hydrogen) atoms. The van der Waals surface area contributed by atoms with E-state index in [9.17, 15) is 0 Å². The van der Waals surface area contributed by atoms with Crippen molar-refractivity contribution >= 4 is 11.2 Å². The highest BCUT2D eigenvalue weighted by Crippen LogP contribution is 2.19. The van der Waals surface area contributed by atoms with Crippen molar-refractivity contribution < 1.29 is 0 Å². The molecule has 0 fully saturated rings. The van der Waals surface area contributed by atoms with Gasteiger partial charge >= 0.3 is 0 Å². The summed E-state index contributed by atoms with van der Waals surface area (Å²) in [5, 5.41) is 8.67. The van der Waals surface area contributed by atoms with Gasteiger partial charge in [-0.3, -0.25) is 4.90 Å². The largest absolute Gasteiger partial charge is 0.340 e. The highest BCUT2D eigenvalue weighted by atomic mass is 15.3. The van der Waals surface area contributed by atoms with Gasteiger partial charge in [0.15, 0.2) is 5.65 Å². The number of pyridine rings is 1. The van der Waals surface area contributed by atoms with Crippen LogP contribution in [-0.4, -0.2) is 41.2 Å². The number of H-pyrrole nitrogens is 1. The van der Waals surface area contributed by atoms with Gasteiger partial charge in [-0.2, -0.15) is 0 Å². The molecule has 4 heterocycles. The molecule has 1 aliphatic rings. The van der Waals surface area contributed by atoms with Gasteiger partial charge in [-0.1, -0.05) is 13.8 Å². The second kappa shape index (κ2) is 5.17. The van der Waals surface area contributed by atoms with Crippen molar-refractivity contribution in [2.45, 2.75) is 39.4 Å². The molecule has 0 aliphatic carbocycles. The summed E-state index contributed by atoms with van der Waals surface area (Å²) in [6.07, 6.45) is 1.77. The lowest BCUT2D eigenvalue weighted by Gasteiger charge is -2.27. The van der Waals surface area contributed by atoms with Crippen molar-refractivity contribution in [3.05, 3.63) is 35.8 Å². The lowest BCUT2D eigenvalue weighted by molar-refractivity contribution is 0.202. The van der Waals surface area contributed by atoms with E-state index in [1.54, 1.807) is 6.20 Å². The molecule has 0 radical (unpaired) electrons. The number of hydrogen-bond acceptors (Lipinski definition) is 5. The van der Waals surface area contributed by atoms with Crippen LogP contribution in [0.3, 0.4) is 0 Å². The Morgan fingerprint density at radius 1 is 1.27 bits per heavy atom. The molecular weight excluding hydrogens is 278 g/mol. The van der Waals surface area contributed by atoms with Gasteiger partial charge in [0.05, 0.1) is 18.6 Å². The van der Waals surface area contributed by atoms with E-state index in [2.05, 4.69) is 48.5 Å². The van der Waals surface area contributed by atoms with Crippen LogP contribution >= 0.6 is 0 Å². The number of nitrogens with zero attached hydrogens (tertiary/aromatic N) is 6. The average Bonchev–Trinajstić information content (AvgIpc) is 3.09. The van der Waals surface area contributed by atoms with Crippen molar-refractivity contribution in [3.63, 3.8) is 0 Å². The first-order valence-corrected chi connectivity index (χ1v) is 7.64. The maximum Gasteiger partial charge on any atom is 0.177 e. The van der Waals surface area contributed by atoms with Crippen LogP contribution in [0.25, 0.3) is 11.2 Å². The van der Waals surface area contributed by atoms with Crippen molar-refractivity contribution in [2.75, 3.05) is 6.54 Å². The summed E-state index contributed by atoms with van der Waals surface area (Å²) < 4.78 is 2.25. The van der Waals surface area contributed by atoms with Crippen molar-refractivity contribution in [2.24, 2.45) is 0 Å². The van der Waals surface area contributed by atoms with Crippen molar-refractivity contribution in [1.82, 2.24) is 34.6 Å². The van der Waals surface area contributed by atoms with E-state index in [1.807, 2.05) is 12.1 Å². The fraction of sp³-hybridized carbons (Fsp3) is 0.467. The molecule has 0 spiro atoms. The van der Waals surface area contributed by atoms with E-state index in [-0.39, 0.29) is 0 Å². The molecule has 0 amide bonds. The standard InChI is InChI=1S/C15H19N7/c1-10(2)15-20-19-13-9-21(6-7-22(13)15)8-12-17-11-4-3-5-16-14(11)18-12/h3-5,10H,6-9H2,1-2H3,(H,16,17,18). The molecule has 1 aliphatic heterocycles. The monoisotopic (exact) mass is 297 g/mol. The predicted molar refractivity (Wildman–Crippen MR) is 82.1 cm³/mol. The van der Waals surface area contributed by atoms with Crippen LogP contribution in [0.15, 0.2) is 18.3 Å². The van der Waals surface area contributed by atoms with E-state index < -0.39 is 0 Å². The van der Waals surface area contributed by atoms with Gasteiger partial charge in [0.1, 0.15) is 17.5 Å². The molecule has 1 N–H and O–H groups in total. The summed E-state index contributed by atoms with van der Waals surface area (Å²) in [7, 11) is 0. The second-order valence-electron chi connectivity index (χ2n) is 6.05. The minimum absolute atomic E-state index is 0.411. The molecule has 0 saturated carbocycles. The van der Waals surface area contributed by atoms with Gasteiger partial charge in [-0.25, -0.2) is 9.97 Å². The fourth-order valence-electron chi connectivity index (χ4n) is 2.97. The first-order chi connectivity index (χ1) is 10.7. The number of aromatic amines is 1. The number of hydrogen-bond donors (Lipinski definition) is 1. The van der Waals surface area contributed by atoms with Crippen LogP contribution in [0, 0.1) is 0 Å². The Morgan fingerprint density at radius 3 is 3.00 bits per heavy atom. The smallest absolute Gasteiger partial charge is 0.177 e. The zero-order chi connectivity index (χ0) is 15.1. The van der Waals surface area contributed by atoms with Crippen molar-refractivity contribution in [3.8, 4) is 0 Å². The lowest BCUT2D eigenvalue weighted by atomic mass is 10.2. The van der Waals surface area contributed by atoms with Crippen LogP contribution in [0.2, 0.25) is 0 Å². The minimum Gasteiger partial charge on any atom is -0.340 e. The van der Waals surface area contributed by atoms with Gasteiger partial charge in [0.25, 0.3) is 0 Å². The molecule has 4 rings (SSSR count). The predicted octanol–water partition coefficient (Wildman–Crippen LogP) is 1.69. The Kier molecular flexibility index (Phi) is 3.15. The molecule has 0 saturated heterocycles. The van der Waals surface area contributed by atoms with E-state index in [0.717, 1.165) is 54.8 Å². The number of aromatic nitrogens is 6. The molecule has 7 nitrogen and oxygen atoms in total. The number of rotatable bonds is 3. The Bertz CT molecular complexity index is 768. The highest BCUT2D eigenvalue weighted by molar-refractivity contribution is 5.69. The zero-order valence-corrected chi connectivity index (χ0v) is 12.8. The summed E-state index contributed by atoms with van der Waals surface area (Å²) in [5.74, 6) is 3.49. The van der Waals surface area contributed by atoms with Gasteiger partial charge in [-0.15, -0.1) is 10.2 Å². The summed E-state index contributed by atoms with van der Waals surface area (Å²) >= 11 is 0. The Labute approximate surface area is 128 Å². The van der Waals surface area contributed by atoms with Crippen LogP contribution in [-0.2, 0) is 19.6 Å². The first kappa shape index (κ1) is 13.4. The van der Waals surface area contributed by atoms with E-state index in [4.69, 9.17) is 0 Å². The van der Waals surface area contributed by atoms with Gasteiger partial charge in [-0.05, 0) is 12.1 Å². The number of nitrogens with one attached hydrogen (secondary N) is 1. The second-order valence-corrected chi connectivity index (χ2v) is 6.05. The average molecular weight is 297 g/mol. The molecule has 0 atom stereocenters. The third-order valence-electron chi connectivity index (χ3n) is 4.06. The number of imidazole rings is 1. The summed E-state index contributed by atoms with van der Waals surface area (Å²) in [4.78, 5) is 14.5. The quantitative estimate of drug-likeness (QED) is 0.796. The minimum atomic E-state index is 0.411. The van der Waals surface area contributed by atoms with E-state index >= 15 is 0 Å². The molecule has 0 aromatic carbocycles. The Hall–Kier alpha value is -2.28. The Morgan fingerprint density at radius 2 is 2.18 bits per heavy atom. The number of fused-ring (bicyclic) bond motifs is 2. The lowest BCUT2D eigenvalue weighted by Crippen LogP contribution is -2.34. The van der Waals surface area contributed by atoms with Crippen LogP contribution in [0.1, 0.15) is 37.2 Å². The fourth-order valence-corrected chi connectivity index (χ4v) is 2.97. The molecule has 0 bridgehead atoms. The maximum absolute atomic E-state index is 4.55. The molecule has 0 unspecified atom stereocenters. The molecule has 3 aromatic heterocycles. The summed E-state index contributed by atoms with van der Waals surface area (Å²) in [6.45, 7) is 7.82. The first-order valence-electron chi connectivity index (χ1n) is 7.64. The van der Waals surface area contributed by atoms with Gasteiger partial charge < -0.3 is 9.55 Å². The highest BCUT2D eigenvalue weighted by Gasteiger charge is 2.23. The van der Waals surface area contributed by atoms with E-state index in [0.29, 0.717) is 5.92 Å². The van der Waals surface area contributed by atoms with E-state index in [1.165, 1.54) is 0 Å². The van der Waals surface area contributed by atoms with Gasteiger partial charge in [0, 0.05) is 25.2 Å². The topological polar surface area (TPSA) is 75.5 Å². The van der Waals surface area contributed by atoms with Crippen LogP contribution in [0.5, 0.6) is 0 Å². The third kappa shape index (κ3) is 2.27. The van der Waals surface area contributed by atoms with Crippen LogP contribution in [0.4, 0.5) is 0 Å². The van der Waals surface area contributed by atoms with Crippen molar-refractivity contribution in [1.29, 1.82) is 0 Å². The SMILES string of the molecule is CC(C)c1nnc2n1CCN(Cc1nc3ncccc3[nH]1)C2. The third-order valence-corrected chi connectivity index (χ3v) is 4.06. The maximum atomic E-state index is 4.55. The molecule has 7 heteroatoms. The van der Waals surface area contributed by atoms with Crippen LogP contribution < -0.4 is 0 Å². The summed E-state index contributed by atoms with van der Waals surface area (Å²) in [6, 6.07) is 3.92. The summed E-state index contributed by atoms with van der Waals surface area (Å²) in [5.41, 5.74) is 1.76.